The minimum atomic E-state index is -0.530. The monoisotopic (exact) mass is 640 g/mol. The minimum absolute atomic E-state index is 0.0764. The molecule has 2 atom stereocenters. The molecule has 0 radical (unpaired) electrons. The highest BCUT2D eigenvalue weighted by atomic mass is 16.6. The van der Waals surface area contributed by atoms with Gasteiger partial charge in [0.1, 0.15) is 11.5 Å². The van der Waals surface area contributed by atoms with Crippen LogP contribution in [0.25, 0.3) is 0 Å². The summed E-state index contributed by atoms with van der Waals surface area (Å²) in [6.07, 6.45) is 7.14. The summed E-state index contributed by atoms with van der Waals surface area (Å²) in [4.78, 5) is 28.8. The highest BCUT2D eigenvalue weighted by Gasteiger charge is 2.32. The lowest BCUT2D eigenvalue weighted by Gasteiger charge is -2.34. The Kier molecular flexibility index (Phi) is 12.9. The molecule has 1 aliphatic rings. The molecule has 250 valence electrons. The van der Waals surface area contributed by atoms with Crippen LogP contribution >= 0.6 is 0 Å². The SMILES string of the molecule is C=C(C)C1CCC(C)=CC1c1c(OCN(C(=O)OC)c2ccccc2)cc(CCCCC)cc1OCN(C(=O)OC)c1ccccc1. The Labute approximate surface area is 279 Å². The third-order valence-electron chi connectivity index (χ3n) is 8.57. The van der Waals surface area contributed by atoms with E-state index < -0.39 is 12.2 Å². The number of ether oxygens (including phenoxy) is 4. The van der Waals surface area contributed by atoms with E-state index in [-0.39, 0.29) is 25.3 Å². The number of methoxy groups -OCH3 is 2. The van der Waals surface area contributed by atoms with Gasteiger partial charge in [0.15, 0.2) is 13.5 Å². The standard InChI is InChI=1S/C39H48N2O6/c1-7-8-11-16-30-24-35(46-26-40(38(42)44-5)31-17-12-9-13-18-31)37(34-23-29(4)21-22-33(34)28(2)3)36(25-30)47-27-41(39(43)45-6)32-19-14-10-15-20-32/h9-10,12-15,17-20,23-25,33-34H,2,7-8,11,16,21-22,26-27H2,1,3-6H3. The average molecular weight is 641 g/mol. The van der Waals surface area contributed by atoms with Gasteiger partial charge in [0.25, 0.3) is 0 Å². The Morgan fingerprint density at radius 1 is 0.830 bits per heavy atom. The van der Waals surface area contributed by atoms with Crippen LogP contribution in [0.1, 0.15) is 69.9 Å². The largest absolute Gasteiger partial charge is 0.472 e. The third-order valence-corrected chi connectivity index (χ3v) is 8.57. The zero-order valence-corrected chi connectivity index (χ0v) is 28.4. The summed E-state index contributed by atoms with van der Waals surface area (Å²) in [5.41, 5.74) is 5.56. The Bertz CT molecular complexity index is 1440. The van der Waals surface area contributed by atoms with Crippen LogP contribution in [-0.4, -0.2) is 39.9 Å². The van der Waals surface area contributed by atoms with Crippen molar-refractivity contribution in [2.24, 2.45) is 5.92 Å². The van der Waals surface area contributed by atoms with Crippen molar-refractivity contribution in [2.75, 3.05) is 37.5 Å². The highest BCUT2D eigenvalue weighted by Crippen LogP contribution is 2.47. The van der Waals surface area contributed by atoms with E-state index in [2.05, 4.69) is 45.6 Å². The van der Waals surface area contributed by atoms with Gasteiger partial charge in [-0.15, -0.1) is 0 Å². The van der Waals surface area contributed by atoms with Gasteiger partial charge < -0.3 is 18.9 Å². The van der Waals surface area contributed by atoms with E-state index in [1.165, 1.54) is 29.6 Å². The minimum Gasteiger partial charge on any atom is -0.472 e. The number of hydrogen-bond acceptors (Lipinski definition) is 6. The molecule has 8 heteroatoms. The zero-order valence-electron chi connectivity index (χ0n) is 28.4. The van der Waals surface area contributed by atoms with Crippen molar-refractivity contribution in [2.45, 2.75) is 65.2 Å². The van der Waals surface area contributed by atoms with E-state index >= 15 is 0 Å². The van der Waals surface area contributed by atoms with Crippen LogP contribution in [0.15, 0.2) is 96.6 Å². The number of carbonyl (C=O) groups excluding carboxylic acids is 2. The summed E-state index contributed by atoms with van der Waals surface area (Å²) in [6, 6.07) is 22.7. The van der Waals surface area contributed by atoms with Crippen molar-refractivity contribution in [3.05, 3.63) is 108 Å². The Hall–Kier alpha value is -4.72. The van der Waals surface area contributed by atoms with Crippen molar-refractivity contribution < 1.29 is 28.5 Å². The Morgan fingerprint density at radius 3 is 1.79 bits per heavy atom. The molecule has 1 aliphatic carbocycles. The maximum atomic E-state index is 12.9. The highest BCUT2D eigenvalue weighted by molar-refractivity contribution is 5.87. The molecule has 0 N–H and O–H groups in total. The van der Waals surface area contributed by atoms with Crippen LogP contribution in [0.2, 0.25) is 0 Å². The molecule has 2 unspecified atom stereocenters. The predicted octanol–water partition coefficient (Wildman–Crippen LogP) is 9.65. The summed E-state index contributed by atoms with van der Waals surface area (Å²) in [5, 5.41) is 0. The van der Waals surface area contributed by atoms with Crippen molar-refractivity contribution in [1.82, 2.24) is 0 Å². The van der Waals surface area contributed by atoms with Gasteiger partial charge >= 0.3 is 12.2 Å². The quantitative estimate of drug-likeness (QED) is 0.0992. The molecule has 8 nitrogen and oxygen atoms in total. The molecule has 47 heavy (non-hydrogen) atoms. The molecule has 0 saturated carbocycles. The van der Waals surface area contributed by atoms with E-state index in [0.29, 0.717) is 22.9 Å². The number of para-hydroxylation sites is 2. The Balaban J connectivity index is 1.84. The molecule has 3 aromatic rings. The normalized spacial score (nSPS) is 15.6. The van der Waals surface area contributed by atoms with Crippen LogP contribution in [0, 0.1) is 5.92 Å². The van der Waals surface area contributed by atoms with Crippen molar-refractivity contribution in [3.8, 4) is 11.5 Å². The van der Waals surface area contributed by atoms with Gasteiger partial charge in [0.2, 0.25) is 0 Å². The molecule has 2 amide bonds. The van der Waals surface area contributed by atoms with Crippen LogP contribution < -0.4 is 19.3 Å². The fourth-order valence-electron chi connectivity index (χ4n) is 6.02. The molecule has 4 rings (SSSR count). The third kappa shape index (κ3) is 9.18. The van der Waals surface area contributed by atoms with E-state index in [4.69, 9.17) is 18.9 Å². The summed E-state index contributed by atoms with van der Waals surface area (Å²) in [7, 11) is 2.72. The number of carbonyl (C=O) groups is 2. The predicted molar refractivity (Wildman–Crippen MR) is 187 cm³/mol. The summed E-state index contributed by atoms with van der Waals surface area (Å²) < 4.78 is 23.5. The number of unbranched alkanes of at least 4 members (excludes halogenated alkanes) is 2. The lowest BCUT2D eigenvalue weighted by Crippen LogP contribution is -2.35. The van der Waals surface area contributed by atoms with Crippen LogP contribution in [-0.2, 0) is 15.9 Å². The molecule has 3 aromatic carbocycles. The van der Waals surface area contributed by atoms with Crippen molar-refractivity contribution in [3.63, 3.8) is 0 Å². The average Bonchev–Trinajstić information content (AvgIpc) is 3.09. The molecule has 0 saturated heterocycles. The second kappa shape index (κ2) is 17.3. The fraction of sp³-hybridized carbons (Fsp3) is 0.385. The number of anilines is 2. The van der Waals surface area contributed by atoms with E-state index in [9.17, 15) is 9.59 Å². The van der Waals surface area contributed by atoms with Crippen molar-refractivity contribution in [1.29, 1.82) is 0 Å². The maximum Gasteiger partial charge on any atom is 0.416 e. The first kappa shape index (κ1) is 35.1. The number of nitrogens with zero attached hydrogens (tertiary/aromatic N) is 2. The number of rotatable bonds is 14. The van der Waals surface area contributed by atoms with Crippen molar-refractivity contribution >= 4 is 23.6 Å². The second-order valence-electron chi connectivity index (χ2n) is 12.0. The van der Waals surface area contributed by atoms with Crippen LogP contribution in [0.4, 0.5) is 21.0 Å². The summed E-state index contributed by atoms with van der Waals surface area (Å²) >= 11 is 0. The number of allylic oxidation sites excluding steroid dienone is 3. The van der Waals surface area contributed by atoms with Crippen LogP contribution in [0.3, 0.4) is 0 Å². The van der Waals surface area contributed by atoms with Gasteiger partial charge in [0, 0.05) is 11.5 Å². The summed E-state index contributed by atoms with van der Waals surface area (Å²) in [5.74, 6) is 1.28. The molecule has 0 bridgehead atoms. The van der Waals surface area contributed by atoms with Gasteiger partial charge in [-0.05, 0) is 87.4 Å². The number of hydrogen-bond donors (Lipinski definition) is 0. The topological polar surface area (TPSA) is 77.5 Å². The smallest absolute Gasteiger partial charge is 0.416 e. The Morgan fingerprint density at radius 2 is 1.34 bits per heavy atom. The van der Waals surface area contributed by atoms with Gasteiger partial charge in [-0.1, -0.05) is 80.0 Å². The molecular formula is C39H48N2O6. The molecule has 0 heterocycles. The molecule has 0 spiro atoms. The van der Waals surface area contributed by atoms with Gasteiger partial charge in [0.05, 0.1) is 25.6 Å². The lowest BCUT2D eigenvalue weighted by molar-refractivity contribution is 0.170. The number of aryl methyl sites for hydroxylation is 1. The van der Waals surface area contributed by atoms with E-state index in [0.717, 1.165) is 55.2 Å². The zero-order chi connectivity index (χ0) is 33.8. The lowest BCUT2D eigenvalue weighted by atomic mass is 9.73. The van der Waals surface area contributed by atoms with E-state index in [1.54, 1.807) is 0 Å². The molecule has 0 aromatic heterocycles. The summed E-state index contributed by atoms with van der Waals surface area (Å²) in [6.45, 7) is 10.6. The number of amides is 2. The van der Waals surface area contributed by atoms with Gasteiger partial charge in [-0.3, -0.25) is 0 Å². The van der Waals surface area contributed by atoms with Gasteiger partial charge in [-0.25, -0.2) is 19.4 Å². The van der Waals surface area contributed by atoms with Gasteiger partial charge in [-0.2, -0.15) is 0 Å². The molecule has 0 aliphatic heterocycles. The molecule has 0 fully saturated rings. The number of benzene rings is 3. The first-order valence-corrected chi connectivity index (χ1v) is 16.3. The first-order chi connectivity index (χ1) is 22.8. The van der Waals surface area contributed by atoms with E-state index in [1.807, 2.05) is 60.7 Å². The maximum absolute atomic E-state index is 12.9. The fourth-order valence-corrected chi connectivity index (χ4v) is 6.02. The second-order valence-corrected chi connectivity index (χ2v) is 12.0. The van der Waals surface area contributed by atoms with Crippen LogP contribution in [0.5, 0.6) is 11.5 Å². The molecular weight excluding hydrogens is 592 g/mol. The first-order valence-electron chi connectivity index (χ1n) is 16.3.